The van der Waals surface area contributed by atoms with Gasteiger partial charge in [0.15, 0.2) is 5.75 Å². The molecule has 0 spiro atoms. The molecule has 0 saturated heterocycles. The van der Waals surface area contributed by atoms with Crippen molar-refractivity contribution in [3.05, 3.63) is 34.4 Å². The zero-order valence-corrected chi connectivity index (χ0v) is 12.0. The average molecular weight is 289 g/mol. The third-order valence-electron chi connectivity index (χ3n) is 3.49. The maximum Gasteiger partial charge on any atom is 0.310 e. The van der Waals surface area contributed by atoms with Gasteiger partial charge >= 0.3 is 5.69 Å². The first kappa shape index (κ1) is 15.3. The summed E-state index contributed by atoms with van der Waals surface area (Å²) in [5.74, 6) is 0.274. The highest BCUT2D eigenvalue weighted by Gasteiger charge is 2.32. The van der Waals surface area contributed by atoms with Crippen molar-refractivity contribution in [2.24, 2.45) is 0 Å². The lowest BCUT2D eigenvalue weighted by Gasteiger charge is -2.23. The number of nitro benzene ring substituents is 1. The van der Waals surface area contributed by atoms with Crippen LogP contribution in [0.15, 0.2) is 24.3 Å². The van der Waals surface area contributed by atoms with E-state index in [0.29, 0.717) is 25.5 Å². The van der Waals surface area contributed by atoms with Crippen LogP contribution in [-0.2, 0) is 0 Å². The number of ether oxygens (including phenoxy) is 1. The van der Waals surface area contributed by atoms with Crippen molar-refractivity contribution in [1.82, 2.24) is 5.32 Å². The van der Waals surface area contributed by atoms with E-state index >= 15 is 0 Å². The number of hydrogen-bond acceptors (Lipinski definition) is 5. The van der Waals surface area contributed by atoms with Crippen LogP contribution in [0, 0.1) is 21.4 Å². The molecule has 0 aliphatic heterocycles. The number of nitrogens with zero attached hydrogens (tertiary/aromatic N) is 2. The Morgan fingerprint density at radius 3 is 2.86 bits per heavy atom. The first-order chi connectivity index (χ1) is 10.0. The summed E-state index contributed by atoms with van der Waals surface area (Å²) >= 11 is 0. The van der Waals surface area contributed by atoms with Crippen molar-refractivity contribution in [3.63, 3.8) is 0 Å². The predicted octanol–water partition coefficient (Wildman–Crippen LogP) is 2.79. The molecule has 1 aromatic carbocycles. The molecule has 1 saturated carbocycles. The normalized spacial score (nSPS) is 16.8. The quantitative estimate of drug-likeness (QED) is 0.451. The minimum atomic E-state index is -0.548. The molecular weight excluding hydrogens is 270 g/mol. The van der Waals surface area contributed by atoms with Gasteiger partial charge in [-0.3, -0.25) is 15.4 Å². The van der Waals surface area contributed by atoms with Crippen molar-refractivity contribution in [2.45, 2.75) is 44.2 Å². The van der Waals surface area contributed by atoms with Crippen LogP contribution < -0.4 is 10.1 Å². The van der Waals surface area contributed by atoms with Gasteiger partial charge in [0.25, 0.3) is 0 Å². The predicted molar refractivity (Wildman–Crippen MR) is 78.0 cm³/mol. The Labute approximate surface area is 123 Å². The zero-order chi connectivity index (χ0) is 15.3. The van der Waals surface area contributed by atoms with Gasteiger partial charge in [-0.1, -0.05) is 12.1 Å². The summed E-state index contributed by atoms with van der Waals surface area (Å²) in [5.41, 5.74) is -0.579. The molecule has 6 nitrogen and oxygen atoms in total. The molecule has 2 rings (SSSR count). The van der Waals surface area contributed by atoms with Gasteiger partial charge in [0.2, 0.25) is 0 Å². The highest BCUT2D eigenvalue weighted by atomic mass is 16.6. The van der Waals surface area contributed by atoms with E-state index in [-0.39, 0.29) is 11.4 Å². The molecule has 0 radical (unpaired) electrons. The second-order valence-corrected chi connectivity index (χ2v) is 5.54. The minimum Gasteiger partial charge on any atom is -0.487 e. The van der Waals surface area contributed by atoms with E-state index < -0.39 is 10.5 Å². The molecule has 1 atom stereocenters. The Hall–Kier alpha value is -2.13. The highest BCUT2D eigenvalue weighted by Crippen LogP contribution is 2.27. The minimum absolute atomic E-state index is 0.0309. The fourth-order valence-electron chi connectivity index (χ4n) is 2.18. The summed E-state index contributed by atoms with van der Waals surface area (Å²) in [4.78, 5) is 10.4. The number of para-hydroxylation sites is 2. The molecule has 1 aromatic rings. The molecule has 112 valence electrons. The van der Waals surface area contributed by atoms with Gasteiger partial charge in [0.05, 0.1) is 17.6 Å². The van der Waals surface area contributed by atoms with E-state index in [1.807, 2.05) is 6.92 Å². The van der Waals surface area contributed by atoms with E-state index in [4.69, 9.17) is 4.74 Å². The molecule has 1 aliphatic carbocycles. The summed E-state index contributed by atoms with van der Waals surface area (Å²) in [6, 6.07) is 9.09. The summed E-state index contributed by atoms with van der Waals surface area (Å²) in [6.07, 6.45) is 3.57. The van der Waals surface area contributed by atoms with Gasteiger partial charge < -0.3 is 4.74 Å². The molecule has 6 heteroatoms. The largest absolute Gasteiger partial charge is 0.487 e. The Morgan fingerprint density at radius 1 is 1.52 bits per heavy atom. The second-order valence-electron chi connectivity index (χ2n) is 5.54. The fraction of sp³-hybridized carbons (Fsp3) is 0.533. The summed E-state index contributed by atoms with van der Waals surface area (Å²) in [5, 5.41) is 23.4. The van der Waals surface area contributed by atoms with Crippen LogP contribution in [0.1, 0.15) is 32.6 Å². The lowest BCUT2D eigenvalue weighted by molar-refractivity contribution is -0.385. The van der Waals surface area contributed by atoms with Gasteiger partial charge in [0, 0.05) is 12.1 Å². The van der Waals surface area contributed by atoms with Crippen LogP contribution in [0.2, 0.25) is 0 Å². The van der Waals surface area contributed by atoms with Crippen LogP contribution in [0.3, 0.4) is 0 Å². The van der Waals surface area contributed by atoms with Gasteiger partial charge in [0.1, 0.15) is 5.54 Å². The lowest BCUT2D eigenvalue weighted by Crippen LogP contribution is -2.42. The first-order valence-corrected chi connectivity index (χ1v) is 7.09. The van der Waals surface area contributed by atoms with Gasteiger partial charge in [-0.2, -0.15) is 5.26 Å². The third-order valence-corrected chi connectivity index (χ3v) is 3.49. The average Bonchev–Trinajstić information content (AvgIpc) is 3.27. The van der Waals surface area contributed by atoms with Gasteiger partial charge in [-0.25, -0.2) is 0 Å². The summed E-state index contributed by atoms with van der Waals surface area (Å²) in [6.45, 7) is 2.24. The molecule has 0 bridgehead atoms. The number of nitriles is 1. The van der Waals surface area contributed by atoms with E-state index in [1.165, 1.54) is 6.07 Å². The summed E-state index contributed by atoms with van der Waals surface area (Å²) < 4.78 is 5.48. The van der Waals surface area contributed by atoms with Crippen molar-refractivity contribution >= 4 is 5.69 Å². The number of benzene rings is 1. The van der Waals surface area contributed by atoms with Gasteiger partial charge in [-0.15, -0.1) is 0 Å². The highest BCUT2D eigenvalue weighted by molar-refractivity contribution is 5.45. The summed E-state index contributed by atoms with van der Waals surface area (Å²) in [7, 11) is 0. The van der Waals surface area contributed by atoms with Crippen LogP contribution in [-0.4, -0.2) is 23.1 Å². The van der Waals surface area contributed by atoms with Crippen molar-refractivity contribution in [1.29, 1.82) is 5.26 Å². The maximum atomic E-state index is 10.9. The number of nitrogens with one attached hydrogen (secondary N) is 1. The molecule has 1 aliphatic rings. The Kier molecular flexibility index (Phi) is 4.76. The lowest BCUT2D eigenvalue weighted by atomic mass is 9.98. The van der Waals surface area contributed by atoms with Crippen LogP contribution in [0.25, 0.3) is 0 Å². The van der Waals surface area contributed by atoms with Crippen LogP contribution >= 0.6 is 0 Å². The topological polar surface area (TPSA) is 88.2 Å². The van der Waals surface area contributed by atoms with Crippen LogP contribution in [0.4, 0.5) is 5.69 Å². The molecule has 1 N–H and O–H groups in total. The van der Waals surface area contributed by atoms with E-state index in [1.54, 1.807) is 18.2 Å². The fourth-order valence-corrected chi connectivity index (χ4v) is 2.18. The first-order valence-electron chi connectivity index (χ1n) is 7.09. The molecule has 21 heavy (non-hydrogen) atoms. The number of rotatable bonds is 8. The van der Waals surface area contributed by atoms with Crippen molar-refractivity contribution in [3.8, 4) is 11.8 Å². The maximum absolute atomic E-state index is 10.9. The Morgan fingerprint density at radius 2 is 2.24 bits per heavy atom. The zero-order valence-electron chi connectivity index (χ0n) is 12.0. The molecule has 0 amide bonds. The van der Waals surface area contributed by atoms with E-state index in [2.05, 4.69) is 11.4 Å². The van der Waals surface area contributed by atoms with E-state index in [9.17, 15) is 15.4 Å². The second kappa shape index (κ2) is 6.55. The third kappa shape index (κ3) is 4.43. The Bertz CT molecular complexity index is 551. The SMILES string of the molecule is CC(C#N)(CCCOc1ccccc1[N+](=O)[O-])NC1CC1. The smallest absolute Gasteiger partial charge is 0.310 e. The molecule has 0 heterocycles. The standard InChI is InChI=1S/C15H19N3O3/c1-15(11-16,17-12-7-8-12)9-4-10-21-14-6-3-2-5-13(14)18(19)20/h2-3,5-6,12,17H,4,7-10H2,1H3. The van der Waals surface area contributed by atoms with E-state index in [0.717, 1.165) is 12.8 Å². The van der Waals surface area contributed by atoms with Crippen molar-refractivity contribution < 1.29 is 9.66 Å². The molecule has 1 fully saturated rings. The van der Waals surface area contributed by atoms with Gasteiger partial charge in [-0.05, 0) is 38.7 Å². The molecule has 1 unspecified atom stereocenters. The monoisotopic (exact) mass is 289 g/mol. The number of hydrogen-bond donors (Lipinski definition) is 1. The van der Waals surface area contributed by atoms with Crippen molar-refractivity contribution in [2.75, 3.05) is 6.61 Å². The molecular formula is C15H19N3O3. The number of nitro groups is 1. The van der Waals surface area contributed by atoms with Crippen LogP contribution in [0.5, 0.6) is 5.75 Å². The Balaban J connectivity index is 1.81. The molecule has 0 aromatic heterocycles.